The van der Waals surface area contributed by atoms with Crippen molar-refractivity contribution in [1.82, 2.24) is 14.3 Å². The van der Waals surface area contributed by atoms with Gasteiger partial charge in [0, 0.05) is 23.7 Å². The molecule has 0 radical (unpaired) electrons. The van der Waals surface area contributed by atoms with Gasteiger partial charge < -0.3 is 10.1 Å². The molecule has 0 fully saturated rings. The van der Waals surface area contributed by atoms with Gasteiger partial charge in [-0.1, -0.05) is 30.3 Å². The van der Waals surface area contributed by atoms with E-state index >= 15 is 0 Å². The van der Waals surface area contributed by atoms with Crippen LogP contribution >= 0.6 is 0 Å². The highest BCUT2D eigenvalue weighted by molar-refractivity contribution is 5.98. The van der Waals surface area contributed by atoms with Crippen LogP contribution in [0, 0.1) is 6.92 Å². The molecule has 0 bridgehead atoms. The Hall–Kier alpha value is -3.87. The third kappa shape index (κ3) is 4.26. The van der Waals surface area contributed by atoms with E-state index in [0.29, 0.717) is 24.5 Å². The number of carbonyl (C=O) groups excluding carboxylic acids is 1. The van der Waals surface area contributed by atoms with Gasteiger partial charge in [-0.2, -0.15) is 5.10 Å². The van der Waals surface area contributed by atoms with Crippen LogP contribution in [0.1, 0.15) is 32.5 Å². The molecule has 1 unspecified atom stereocenters. The van der Waals surface area contributed by atoms with Crippen molar-refractivity contribution in [2.45, 2.75) is 40.3 Å². The number of nitrogens with zero attached hydrogens (tertiary/aromatic N) is 3. The second kappa shape index (κ2) is 9.32. The molecule has 0 saturated carbocycles. The van der Waals surface area contributed by atoms with Gasteiger partial charge in [0.05, 0.1) is 12.3 Å². The summed E-state index contributed by atoms with van der Waals surface area (Å²) in [5.41, 5.74) is 3.63. The number of hydrogen-bond donors (Lipinski definition) is 1. The highest BCUT2D eigenvalue weighted by Gasteiger charge is 2.24. The summed E-state index contributed by atoms with van der Waals surface area (Å²) < 4.78 is 8.78. The summed E-state index contributed by atoms with van der Waals surface area (Å²) in [5.74, 6) is 0.455. The van der Waals surface area contributed by atoms with Crippen LogP contribution in [-0.2, 0) is 11.3 Å². The molecule has 0 aliphatic carbocycles. The summed E-state index contributed by atoms with van der Waals surface area (Å²) in [6, 6.07) is 17.8. The molecule has 0 aliphatic rings. The van der Waals surface area contributed by atoms with Crippen molar-refractivity contribution < 1.29 is 9.53 Å². The second-order valence-electron chi connectivity index (χ2n) is 7.85. The fourth-order valence-corrected chi connectivity index (χ4v) is 4.10. The number of aromatic nitrogens is 3. The number of anilines is 1. The Morgan fingerprint density at radius 3 is 2.42 bits per heavy atom. The fourth-order valence-electron chi connectivity index (χ4n) is 4.10. The van der Waals surface area contributed by atoms with Crippen molar-refractivity contribution in [3.8, 4) is 16.9 Å². The Balaban J connectivity index is 1.78. The minimum atomic E-state index is -0.738. The van der Waals surface area contributed by atoms with E-state index in [1.807, 2.05) is 51.1 Å². The molecule has 7 heteroatoms. The SMILES string of the molecule is CCOc1ccc(NC(=O)C(C)n2c(=O)cc(-c3ccccc3)c3c(C)nn(CC)c32)cc1. The third-order valence-electron chi connectivity index (χ3n) is 5.69. The van der Waals surface area contributed by atoms with E-state index in [1.165, 1.54) is 4.57 Å². The van der Waals surface area contributed by atoms with Gasteiger partial charge in [-0.3, -0.25) is 14.2 Å². The number of rotatable bonds is 7. The van der Waals surface area contributed by atoms with E-state index in [1.54, 1.807) is 41.9 Å². The van der Waals surface area contributed by atoms with Gasteiger partial charge in [-0.15, -0.1) is 0 Å². The van der Waals surface area contributed by atoms with Crippen LogP contribution in [0.2, 0.25) is 0 Å². The Kier molecular flexibility index (Phi) is 6.31. The lowest BCUT2D eigenvalue weighted by atomic mass is 10.0. The van der Waals surface area contributed by atoms with Gasteiger partial charge in [0.25, 0.3) is 5.56 Å². The van der Waals surface area contributed by atoms with Crippen molar-refractivity contribution in [2.75, 3.05) is 11.9 Å². The van der Waals surface area contributed by atoms with Crippen LogP contribution in [0.4, 0.5) is 5.69 Å². The Morgan fingerprint density at radius 1 is 1.09 bits per heavy atom. The molecule has 7 nitrogen and oxygen atoms in total. The monoisotopic (exact) mass is 444 g/mol. The first-order valence-electron chi connectivity index (χ1n) is 11.2. The normalized spacial score (nSPS) is 12.0. The number of benzene rings is 2. The quantitative estimate of drug-likeness (QED) is 0.444. The van der Waals surface area contributed by atoms with Crippen molar-refractivity contribution in [3.63, 3.8) is 0 Å². The number of aryl methyl sites for hydroxylation is 2. The van der Waals surface area contributed by atoms with Crippen LogP contribution in [0.5, 0.6) is 5.75 Å². The summed E-state index contributed by atoms with van der Waals surface area (Å²) in [6.45, 7) is 8.71. The molecule has 4 aromatic rings. The van der Waals surface area contributed by atoms with Gasteiger partial charge in [0.1, 0.15) is 17.4 Å². The molecular formula is C26H28N4O3. The zero-order valence-corrected chi connectivity index (χ0v) is 19.3. The van der Waals surface area contributed by atoms with Gasteiger partial charge in [-0.05, 0) is 63.1 Å². The number of hydrogen-bond acceptors (Lipinski definition) is 4. The first-order valence-corrected chi connectivity index (χ1v) is 11.2. The highest BCUT2D eigenvalue weighted by atomic mass is 16.5. The van der Waals surface area contributed by atoms with Crippen molar-refractivity contribution in [2.24, 2.45) is 0 Å². The zero-order valence-electron chi connectivity index (χ0n) is 19.3. The highest BCUT2D eigenvalue weighted by Crippen LogP contribution is 2.31. The lowest BCUT2D eigenvalue weighted by molar-refractivity contribution is -0.118. The van der Waals surface area contributed by atoms with Crippen molar-refractivity contribution >= 4 is 22.6 Å². The molecule has 4 rings (SSSR count). The predicted molar refractivity (Wildman–Crippen MR) is 131 cm³/mol. The molecular weight excluding hydrogens is 416 g/mol. The first kappa shape index (κ1) is 22.3. The van der Waals surface area contributed by atoms with E-state index in [0.717, 1.165) is 28.0 Å². The third-order valence-corrected chi connectivity index (χ3v) is 5.69. The minimum absolute atomic E-state index is 0.245. The topological polar surface area (TPSA) is 78.2 Å². The average Bonchev–Trinajstić information content (AvgIpc) is 3.16. The molecule has 2 aromatic heterocycles. The maximum Gasteiger partial charge on any atom is 0.253 e. The van der Waals surface area contributed by atoms with Gasteiger partial charge in [-0.25, -0.2) is 4.68 Å². The second-order valence-corrected chi connectivity index (χ2v) is 7.85. The van der Waals surface area contributed by atoms with Crippen LogP contribution < -0.4 is 15.6 Å². The number of carbonyl (C=O) groups is 1. The smallest absolute Gasteiger partial charge is 0.253 e. The van der Waals surface area contributed by atoms with Gasteiger partial charge in [0.15, 0.2) is 0 Å². The maximum absolute atomic E-state index is 13.3. The first-order chi connectivity index (χ1) is 15.9. The van der Waals surface area contributed by atoms with E-state index in [9.17, 15) is 9.59 Å². The molecule has 170 valence electrons. The molecule has 2 heterocycles. The average molecular weight is 445 g/mol. The molecule has 2 aromatic carbocycles. The van der Waals surface area contributed by atoms with E-state index in [2.05, 4.69) is 10.4 Å². The summed E-state index contributed by atoms with van der Waals surface area (Å²) in [5, 5.41) is 8.45. The number of nitrogens with one attached hydrogen (secondary N) is 1. The summed E-state index contributed by atoms with van der Waals surface area (Å²) in [6.07, 6.45) is 0. The summed E-state index contributed by atoms with van der Waals surface area (Å²) in [4.78, 5) is 26.5. The number of ether oxygens (including phenoxy) is 1. The van der Waals surface area contributed by atoms with Crippen molar-refractivity contribution in [3.05, 3.63) is 76.7 Å². The number of pyridine rings is 1. The fraction of sp³-hybridized carbons (Fsp3) is 0.269. The predicted octanol–water partition coefficient (Wildman–Crippen LogP) is 4.79. The molecule has 0 spiro atoms. The Bertz CT molecular complexity index is 1340. The molecule has 33 heavy (non-hydrogen) atoms. The van der Waals surface area contributed by atoms with E-state index in [-0.39, 0.29) is 11.5 Å². The molecule has 0 saturated heterocycles. The van der Waals surface area contributed by atoms with Crippen LogP contribution in [0.25, 0.3) is 22.2 Å². The summed E-state index contributed by atoms with van der Waals surface area (Å²) in [7, 11) is 0. The van der Waals surface area contributed by atoms with Gasteiger partial charge >= 0.3 is 0 Å². The molecule has 1 atom stereocenters. The lowest BCUT2D eigenvalue weighted by Crippen LogP contribution is -2.32. The standard InChI is InChI=1S/C26H28N4O3/c1-5-29-26-24(17(3)28-29)22(19-10-8-7-9-11-19)16-23(31)30(26)18(4)25(32)27-20-12-14-21(15-13-20)33-6-2/h7-16,18H,5-6H2,1-4H3,(H,27,32). The van der Waals surface area contributed by atoms with Crippen LogP contribution in [0.3, 0.4) is 0 Å². The van der Waals surface area contributed by atoms with E-state index < -0.39 is 6.04 Å². The molecule has 1 N–H and O–H groups in total. The minimum Gasteiger partial charge on any atom is -0.494 e. The van der Waals surface area contributed by atoms with Gasteiger partial charge in [0.2, 0.25) is 5.91 Å². The molecule has 1 amide bonds. The molecule has 0 aliphatic heterocycles. The number of fused-ring (bicyclic) bond motifs is 1. The Labute approximate surface area is 192 Å². The maximum atomic E-state index is 13.3. The van der Waals surface area contributed by atoms with E-state index in [4.69, 9.17) is 4.74 Å². The summed E-state index contributed by atoms with van der Waals surface area (Å²) >= 11 is 0. The number of amides is 1. The van der Waals surface area contributed by atoms with Crippen LogP contribution in [0.15, 0.2) is 65.5 Å². The zero-order chi connectivity index (χ0) is 23.5. The largest absolute Gasteiger partial charge is 0.494 e. The van der Waals surface area contributed by atoms with Crippen LogP contribution in [-0.4, -0.2) is 26.9 Å². The lowest BCUT2D eigenvalue weighted by Gasteiger charge is -2.19. The Morgan fingerprint density at radius 2 is 1.79 bits per heavy atom. The van der Waals surface area contributed by atoms with Crippen molar-refractivity contribution in [1.29, 1.82) is 0 Å².